The molecule has 4 rings (SSSR count). The van der Waals surface area contributed by atoms with Crippen molar-refractivity contribution in [1.29, 1.82) is 0 Å². The average molecular weight is 218 g/mol. The smallest absolute Gasteiger partial charge is 0.0317 e. The third kappa shape index (κ3) is 1.08. The highest BCUT2D eigenvalue weighted by atomic mass is 14.4. The fourth-order valence-electron chi connectivity index (χ4n) is 3.42. The molecule has 0 nitrogen and oxygen atoms in total. The standard InChI is InChI=1S/C17H14/c1-11-13-7-4-5-9-15(13)17-14-8-3-2-6-12(14)10-16(11)17/h2-11,17H,1H3. The number of rotatable bonds is 0. The molecule has 0 aliphatic heterocycles. The van der Waals surface area contributed by atoms with Crippen LogP contribution in [-0.4, -0.2) is 0 Å². The van der Waals surface area contributed by atoms with Crippen molar-refractivity contribution in [2.45, 2.75) is 18.8 Å². The molecule has 2 aliphatic rings. The third-order valence-electron chi connectivity index (χ3n) is 4.24. The molecule has 17 heavy (non-hydrogen) atoms. The first kappa shape index (κ1) is 9.23. The van der Waals surface area contributed by atoms with Gasteiger partial charge in [0.15, 0.2) is 0 Å². The van der Waals surface area contributed by atoms with E-state index in [1.54, 1.807) is 5.57 Å². The molecule has 0 aromatic heterocycles. The lowest BCUT2D eigenvalue weighted by molar-refractivity contribution is 0.900. The van der Waals surface area contributed by atoms with E-state index in [0.29, 0.717) is 11.8 Å². The summed E-state index contributed by atoms with van der Waals surface area (Å²) in [6, 6.07) is 17.7. The predicted octanol–water partition coefficient (Wildman–Crippen LogP) is 4.33. The molecule has 2 aromatic carbocycles. The zero-order chi connectivity index (χ0) is 11.4. The molecule has 0 fully saturated rings. The molecule has 0 bridgehead atoms. The van der Waals surface area contributed by atoms with Gasteiger partial charge in [0.25, 0.3) is 0 Å². The molecule has 0 heterocycles. The van der Waals surface area contributed by atoms with Gasteiger partial charge in [0.2, 0.25) is 0 Å². The van der Waals surface area contributed by atoms with Gasteiger partial charge in [-0.05, 0) is 22.3 Å². The SMILES string of the molecule is CC1C2=Cc3ccccc3C2c2ccccc21. The molecule has 2 unspecified atom stereocenters. The van der Waals surface area contributed by atoms with Gasteiger partial charge in [-0.1, -0.05) is 67.1 Å². The van der Waals surface area contributed by atoms with E-state index in [2.05, 4.69) is 61.5 Å². The largest absolute Gasteiger partial charge is 0.0620 e. The van der Waals surface area contributed by atoms with E-state index < -0.39 is 0 Å². The van der Waals surface area contributed by atoms with E-state index in [0.717, 1.165) is 0 Å². The van der Waals surface area contributed by atoms with Crippen LogP contribution in [0.15, 0.2) is 54.1 Å². The molecule has 0 amide bonds. The average Bonchev–Trinajstić information content (AvgIpc) is 2.88. The second kappa shape index (κ2) is 3.10. The maximum atomic E-state index is 2.39. The number of allylic oxidation sites excluding steroid dienone is 1. The summed E-state index contributed by atoms with van der Waals surface area (Å²) in [4.78, 5) is 0. The van der Waals surface area contributed by atoms with Crippen LogP contribution in [0.3, 0.4) is 0 Å². The summed E-state index contributed by atoms with van der Waals surface area (Å²) in [5, 5.41) is 0. The van der Waals surface area contributed by atoms with Gasteiger partial charge in [-0.25, -0.2) is 0 Å². The van der Waals surface area contributed by atoms with Gasteiger partial charge in [0.05, 0.1) is 0 Å². The van der Waals surface area contributed by atoms with Crippen LogP contribution in [0.2, 0.25) is 0 Å². The van der Waals surface area contributed by atoms with Crippen LogP contribution in [0, 0.1) is 0 Å². The van der Waals surface area contributed by atoms with Crippen LogP contribution in [0.1, 0.15) is 41.0 Å². The molecule has 0 N–H and O–H groups in total. The van der Waals surface area contributed by atoms with Crippen LogP contribution in [0.5, 0.6) is 0 Å². The van der Waals surface area contributed by atoms with Gasteiger partial charge in [0, 0.05) is 11.8 Å². The van der Waals surface area contributed by atoms with Crippen LogP contribution < -0.4 is 0 Å². The van der Waals surface area contributed by atoms with E-state index in [-0.39, 0.29) is 0 Å². The summed E-state index contributed by atoms with van der Waals surface area (Å²) in [7, 11) is 0. The van der Waals surface area contributed by atoms with Crippen molar-refractivity contribution in [1.82, 2.24) is 0 Å². The van der Waals surface area contributed by atoms with E-state index in [4.69, 9.17) is 0 Å². The Hall–Kier alpha value is -1.82. The Morgan fingerprint density at radius 1 is 0.765 bits per heavy atom. The molecular weight excluding hydrogens is 204 g/mol. The van der Waals surface area contributed by atoms with Gasteiger partial charge < -0.3 is 0 Å². The number of hydrogen-bond acceptors (Lipinski definition) is 0. The lowest BCUT2D eigenvalue weighted by Gasteiger charge is -2.10. The number of hydrogen-bond donors (Lipinski definition) is 0. The molecule has 0 heteroatoms. The van der Waals surface area contributed by atoms with E-state index in [1.165, 1.54) is 22.3 Å². The van der Waals surface area contributed by atoms with Gasteiger partial charge in [-0.3, -0.25) is 0 Å². The Morgan fingerprint density at radius 2 is 1.41 bits per heavy atom. The quantitative estimate of drug-likeness (QED) is 0.617. The van der Waals surface area contributed by atoms with Crippen molar-refractivity contribution >= 4 is 6.08 Å². The fourth-order valence-corrected chi connectivity index (χ4v) is 3.42. The maximum absolute atomic E-state index is 2.39. The zero-order valence-corrected chi connectivity index (χ0v) is 9.85. The number of fused-ring (bicyclic) bond motifs is 5. The molecule has 2 aliphatic carbocycles. The predicted molar refractivity (Wildman–Crippen MR) is 71.1 cm³/mol. The molecule has 82 valence electrons. The Morgan fingerprint density at radius 3 is 2.24 bits per heavy atom. The highest BCUT2D eigenvalue weighted by Gasteiger charge is 2.37. The van der Waals surface area contributed by atoms with E-state index >= 15 is 0 Å². The van der Waals surface area contributed by atoms with Crippen molar-refractivity contribution in [3.63, 3.8) is 0 Å². The molecule has 0 saturated carbocycles. The Bertz CT molecular complexity index is 634. The van der Waals surface area contributed by atoms with Crippen molar-refractivity contribution in [3.05, 3.63) is 76.4 Å². The monoisotopic (exact) mass is 218 g/mol. The zero-order valence-electron chi connectivity index (χ0n) is 9.85. The van der Waals surface area contributed by atoms with Gasteiger partial charge in [-0.15, -0.1) is 0 Å². The molecule has 2 atom stereocenters. The van der Waals surface area contributed by atoms with Crippen LogP contribution >= 0.6 is 0 Å². The van der Waals surface area contributed by atoms with Crippen molar-refractivity contribution in [2.75, 3.05) is 0 Å². The fraction of sp³-hybridized carbons (Fsp3) is 0.176. The second-order valence-corrected chi connectivity index (χ2v) is 5.06. The minimum absolute atomic E-state index is 0.525. The maximum Gasteiger partial charge on any atom is 0.0317 e. The summed E-state index contributed by atoms with van der Waals surface area (Å²) in [6.07, 6.45) is 2.39. The van der Waals surface area contributed by atoms with E-state index in [9.17, 15) is 0 Å². The van der Waals surface area contributed by atoms with Gasteiger partial charge in [-0.2, -0.15) is 0 Å². The molecule has 0 radical (unpaired) electrons. The molecule has 0 saturated heterocycles. The van der Waals surface area contributed by atoms with Crippen molar-refractivity contribution in [2.24, 2.45) is 0 Å². The topological polar surface area (TPSA) is 0 Å². The normalized spacial score (nSPS) is 23.9. The first-order chi connectivity index (χ1) is 8.36. The molecule has 2 aromatic rings. The van der Waals surface area contributed by atoms with Crippen LogP contribution in [-0.2, 0) is 0 Å². The Balaban J connectivity index is 2.01. The summed E-state index contributed by atoms with van der Waals surface area (Å²) < 4.78 is 0. The van der Waals surface area contributed by atoms with Crippen LogP contribution in [0.25, 0.3) is 6.08 Å². The summed E-state index contributed by atoms with van der Waals surface area (Å²) >= 11 is 0. The third-order valence-corrected chi connectivity index (χ3v) is 4.24. The molecule has 0 spiro atoms. The lowest BCUT2D eigenvalue weighted by atomic mass is 9.93. The summed E-state index contributed by atoms with van der Waals surface area (Å²) in [5.41, 5.74) is 7.50. The second-order valence-electron chi connectivity index (χ2n) is 5.06. The first-order valence-electron chi connectivity index (χ1n) is 6.25. The molecular formula is C17H14. The Labute approximate surface area is 102 Å². The highest BCUT2D eigenvalue weighted by molar-refractivity contribution is 5.74. The summed E-state index contributed by atoms with van der Waals surface area (Å²) in [6.45, 7) is 2.33. The van der Waals surface area contributed by atoms with Crippen molar-refractivity contribution in [3.8, 4) is 0 Å². The minimum Gasteiger partial charge on any atom is -0.0620 e. The van der Waals surface area contributed by atoms with E-state index in [1.807, 2.05) is 0 Å². The highest BCUT2D eigenvalue weighted by Crippen LogP contribution is 2.53. The van der Waals surface area contributed by atoms with Gasteiger partial charge >= 0.3 is 0 Å². The first-order valence-corrected chi connectivity index (χ1v) is 6.25. The van der Waals surface area contributed by atoms with Crippen molar-refractivity contribution < 1.29 is 0 Å². The number of benzene rings is 2. The van der Waals surface area contributed by atoms with Gasteiger partial charge in [0.1, 0.15) is 0 Å². The summed E-state index contributed by atoms with van der Waals surface area (Å²) in [5.74, 6) is 1.10. The lowest BCUT2D eigenvalue weighted by Crippen LogP contribution is -1.95. The van der Waals surface area contributed by atoms with Crippen LogP contribution in [0.4, 0.5) is 0 Å². The Kier molecular flexibility index (Phi) is 1.69. The minimum atomic E-state index is 0.525.